The second kappa shape index (κ2) is 10.3. The fourth-order valence-corrected chi connectivity index (χ4v) is 4.42. The molecule has 3 rings (SSSR count). The third kappa shape index (κ3) is 5.17. The number of nitrogens with one attached hydrogen (secondary N) is 1. The maximum absolute atomic E-state index is 14.2. The van der Waals surface area contributed by atoms with Gasteiger partial charge in [-0.2, -0.15) is 13.2 Å². The van der Waals surface area contributed by atoms with Gasteiger partial charge in [0.25, 0.3) is 11.7 Å². The van der Waals surface area contributed by atoms with Crippen molar-refractivity contribution in [3.63, 3.8) is 0 Å². The standard InChI is InChI=1S/C26H26F3N3O4/c1-17(2)22-23(35)32(21(15-31(22)16-33)20-12-8-5-9-13-20)25(30-18(3)34,24(36)26(27,28)29)14-19-10-6-4-7-11-19/h4-13,15-17,22H,14H2,1-3H3,(H,30,34). The van der Waals surface area contributed by atoms with Crippen molar-refractivity contribution < 1.29 is 32.3 Å². The van der Waals surface area contributed by atoms with Crippen LogP contribution in [0.2, 0.25) is 0 Å². The molecule has 2 aromatic carbocycles. The van der Waals surface area contributed by atoms with E-state index in [0.29, 0.717) is 11.3 Å². The molecule has 190 valence electrons. The van der Waals surface area contributed by atoms with Gasteiger partial charge in [-0.05, 0) is 17.0 Å². The number of ketones is 1. The largest absolute Gasteiger partial charge is 0.454 e. The Morgan fingerprint density at radius 3 is 2.06 bits per heavy atom. The van der Waals surface area contributed by atoms with Gasteiger partial charge < -0.3 is 10.2 Å². The van der Waals surface area contributed by atoms with Crippen LogP contribution in [0.3, 0.4) is 0 Å². The Labute approximate surface area is 206 Å². The molecule has 1 heterocycles. The molecule has 0 aliphatic carbocycles. The highest BCUT2D eigenvalue weighted by Gasteiger charge is 2.60. The summed E-state index contributed by atoms with van der Waals surface area (Å²) in [4.78, 5) is 53.3. The molecule has 2 aromatic rings. The highest BCUT2D eigenvalue weighted by molar-refractivity contribution is 6.05. The lowest BCUT2D eigenvalue weighted by Gasteiger charge is -2.49. The van der Waals surface area contributed by atoms with E-state index in [-0.39, 0.29) is 16.8 Å². The van der Waals surface area contributed by atoms with Crippen molar-refractivity contribution in [3.05, 3.63) is 78.0 Å². The van der Waals surface area contributed by atoms with E-state index < -0.39 is 47.8 Å². The number of nitrogens with zero attached hydrogens (tertiary/aromatic N) is 2. The van der Waals surface area contributed by atoms with Crippen LogP contribution in [-0.2, 0) is 25.6 Å². The minimum Gasteiger partial charge on any atom is -0.326 e. The van der Waals surface area contributed by atoms with Crippen molar-refractivity contribution in [2.24, 2.45) is 5.92 Å². The summed E-state index contributed by atoms with van der Waals surface area (Å²) in [6.45, 7) is 4.23. The van der Waals surface area contributed by atoms with Gasteiger partial charge in [0.2, 0.25) is 12.3 Å². The number of hydrogen-bond donors (Lipinski definition) is 1. The van der Waals surface area contributed by atoms with E-state index in [4.69, 9.17) is 0 Å². The zero-order chi connectivity index (χ0) is 26.7. The average molecular weight is 502 g/mol. The normalized spacial score (nSPS) is 17.9. The Kier molecular flexibility index (Phi) is 7.66. The minimum absolute atomic E-state index is 0.133. The van der Waals surface area contributed by atoms with Gasteiger partial charge in [0.15, 0.2) is 5.66 Å². The monoisotopic (exact) mass is 501 g/mol. The summed E-state index contributed by atoms with van der Waals surface area (Å²) in [6, 6.07) is 14.5. The van der Waals surface area contributed by atoms with Crippen LogP contribution in [0.5, 0.6) is 0 Å². The summed E-state index contributed by atoms with van der Waals surface area (Å²) in [6.07, 6.45) is -4.42. The lowest BCUT2D eigenvalue weighted by molar-refractivity contribution is -0.187. The first kappa shape index (κ1) is 26.7. The molecule has 1 N–H and O–H groups in total. The van der Waals surface area contributed by atoms with E-state index in [2.05, 4.69) is 5.32 Å². The molecular formula is C26H26F3N3O4. The Balaban J connectivity index is 2.40. The molecule has 3 amide bonds. The summed E-state index contributed by atoms with van der Waals surface area (Å²) < 4.78 is 42.5. The molecule has 1 aliphatic heterocycles. The Hall–Kier alpha value is -3.95. The van der Waals surface area contributed by atoms with Gasteiger partial charge in [0, 0.05) is 19.5 Å². The molecule has 0 saturated carbocycles. The van der Waals surface area contributed by atoms with Crippen molar-refractivity contribution in [1.29, 1.82) is 0 Å². The van der Waals surface area contributed by atoms with E-state index in [1.165, 1.54) is 30.5 Å². The molecule has 2 atom stereocenters. The summed E-state index contributed by atoms with van der Waals surface area (Å²) >= 11 is 0. The van der Waals surface area contributed by atoms with Crippen LogP contribution in [0.25, 0.3) is 5.70 Å². The number of halogens is 3. The average Bonchev–Trinajstić information content (AvgIpc) is 2.82. The number of hydrogen-bond acceptors (Lipinski definition) is 4. The fraction of sp³-hybridized carbons (Fsp3) is 0.308. The van der Waals surface area contributed by atoms with Gasteiger partial charge in [0.05, 0.1) is 5.70 Å². The maximum atomic E-state index is 14.2. The van der Waals surface area contributed by atoms with E-state index in [0.717, 1.165) is 11.8 Å². The molecule has 1 aliphatic rings. The molecular weight excluding hydrogens is 475 g/mol. The first-order chi connectivity index (χ1) is 16.9. The molecule has 36 heavy (non-hydrogen) atoms. The number of carbonyl (C=O) groups excluding carboxylic acids is 4. The molecule has 0 radical (unpaired) electrons. The zero-order valence-corrected chi connectivity index (χ0v) is 20.0. The molecule has 0 saturated heterocycles. The number of benzene rings is 2. The summed E-state index contributed by atoms with van der Waals surface area (Å²) in [7, 11) is 0. The fourth-order valence-electron chi connectivity index (χ4n) is 4.42. The quantitative estimate of drug-likeness (QED) is 0.561. The second-order valence-electron chi connectivity index (χ2n) is 8.83. The van der Waals surface area contributed by atoms with Crippen molar-refractivity contribution in [3.8, 4) is 0 Å². The molecule has 2 unspecified atom stereocenters. The van der Waals surface area contributed by atoms with Gasteiger partial charge in [-0.25, -0.2) is 0 Å². The van der Waals surface area contributed by atoms with E-state index in [1.807, 2.05) is 0 Å². The van der Waals surface area contributed by atoms with Crippen LogP contribution in [0.1, 0.15) is 31.9 Å². The zero-order valence-electron chi connectivity index (χ0n) is 20.0. The highest BCUT2D eigenvalue weighted by Crippen LogP contribution is 2.39. The maximum Gasteiger partial charge on any atom is 0.454 e. The predicted octanol–water partition coefficient (Wildman–Crippen LogP) is 3.52. The third-order valence-corrected chi connectivity index (χ3v) is 5.83. The lowest BCUT2D eigenvalue weighted by Crippen LogP contribution is -2.72. The van der Waals surface area contributed by atoms with Gasteiger partial charge in [0.1, 0.15) is 6.04 Å². The molecule has 10 heteroatoms. The number of rotatable bonds is 8. The Morgan fingerprint density at radius 1 is 1.03 bits per heavy atom. The van der Waals surface area contributed by atoms with E-state index in [9.17, 15) is 32.3 Å². The SMILES string of the molecule is CC(=O)NC(Cc1ccccc1)(C(=O)C(F)(F)F)N1C(=O)C(C(C)C)N(C=O)C=C1c1ccccc1. The number of alkyl halides is 3. The number of carbonyl (C=O) groups is 4. The summed E-state index contributed by atoms with van der Waals surface area (Å²) in [5, 5.41) is 2.19. The molecule has 7 nitrogen and oxygen atoms in total. The third-order valence-electron chi connectivity index (χ3n) is 5.83. The van der Waals surface area contributed by atoms with Gasteiger partial charge in [-0.15, -0.1) is 0 Å². The molecule has 0 fully saturated rings. The van der Waals surface area contributed by atoms with E-state index in [1.54, 1.807) is 50.2 Å². The second-order valence-corrected chi connectivity index (χ2v) is 8.83. The topological polar surface area (TPSA) is 86.8 Å². The smallest absolute Gasteiger partial charge is 0.326 e. The Bertz CT molecular complexity index is 1170. The van der Waals surface area contributed by atoms with Crippen LogP contribution in [0, 0.1) is 5.92 Å². The predicted molar refractivity (Wildman–Crippen MR) is 126 cm³/mol. The van der Waals surface area contributed by atoms with Crippen LogP contribution >= 0.6 is 0 Å². The highest BCUT2D eigenvalue weighted by atomic mass is 19.4. The van der Waals surface area contributed by atoms with Crippen molar-refractivity contribution >= 4 is 29.7 Å². The van der Waals surface area contributed by atoms with Gasteiger partial charge in [-0.3, -0.25) is 24.1 Å². The van der Waals surface area contributed by atoms with Crippen LogP contribution in [-0.4, -0.2) is 51.7 Å². The molecule has 0 bridgehead atoms. The van der Waals surface area contributed by atoms with Gasteiger partial charge >= 0.3 is 6.18 Å². The van der Waals surface area contributed by atoms with Crippen LogP contribution in [0.4, 0.5) is 13.2 Å². The summed E-state index contributed by atoms with van der Waals surface area (Å²) in [5.74, 6) is -4.71. The molecule has 0 aromatic heterocycles. The first-order valence-electron chi connectivity index (χ1n) is 11.2. The van der Waals surface area contributed by atoms with Crippen molar-refractivity contribution in [1.82, 2.24) is 15.1 Å². The van der Waals surface area contributed by atoms with Crippen molar-refractivity contribution in [2.75, 3.05) is 0 Å². The van der Waals surface area contributed by atoms with Crippen molar-refractivity contribution in [2.45, 2.75) is 45.1 Å². The number of Topliss-reactive ketones (excluding diaryl/α,β-unsaturated/α-hetero) is 1. The van der Waals surface area contributed by atoms with Gasteiger partial charge in [-0.1, -0.05) is 74.5 Å². The minimum atomic E-state index is -5.41. The van der Waals surface area contributed by atoms with Crippen LogP contribution in [0.15, 0.2) is 66.9 Å². The van der Waals surface area contributed by atoms with E-state index >= 15 is 0 Å². The van der Waals surface area contributed by atoms with Crippen LogP contribution < -0.4 is 5.32 Å². The summed E-state index contributed by atoms with van der Waals surface area (Å²) in [5.41, 5.74) is -2.43. The number of amides is 3. The molecule has 0 spiro atoms. The lowest BCUT2D eigenvalue weighted by atomic mass is 9.87. The Morgan fingerprint density at radius 2 is 1.58 bits per heavy atom. The first-order valence-corrected chi connectivity index (χ1v) is 11.2.